The molecule has 1 aliphatic rings. The van der Waals surface area contributed by atoms with E-state index in [0.717, 1.165) is 24.3 Å². The van der Waals surface area contributed by atoms with Crippen molar-refractivity contribution in [3.8, 4) is 5.75 Å². The number of methoxy groups -OCH3 is 1. The molecule has 0 saturated heterocycles. The van der Waals surface area contributed by atoms with Crippen LogP contribution >= 0.6 is 0 Å². The van der Waals surface area contributed by atoms with Crippen molar-refractivity contribution in [3.63, 3.8) is 0 Å². The van der Waals surface area contributed by atoms with E-state index in [-0.39, 0.29) is 12.0 Å². The van der Waals surface area contributed by atoms with E-state index < -0.39 is 0 Å². The molecule has 2 atom stereocenters. The number of anilines is 1. The lowest BCUT2D eigenvalue weighted by Crippen LogP contribution is -2.31. The van der Waals surface area contributed by atoms with Crippen LogP contribution in [0, 0.1) is 5.92 Å². The second kappa shape index (κ2) is 4.78. The van der Waals surface area contributed by atoms with Crippen LogP contribution < -0.4 is 10.1 Å². The van der Waals surface area contributed by atoms with Crippen LogP contribution in [0.5, 0.6) is 5.75 Å². The highest BCUT2D eigenvalue weighted by molar-refractivity contribution is 5.90. The molecular formula is C14H19NO2. The first-order chi connectivity index (χ1) is 8.15. The monoisotopic (exact) mass is 233 g/mol. The van der Waals surface area contributed by atoms with Crippen LogP contribution in [0.3, 0.4) is 0 Å². The van der Waals surface area contributed by atoms with Gasteiger partial charge in [0.05, 0.1) is 13.2 Å². The number of rotatable bonds is 4. The summed E-state index contributed by atoms with van der Waals surface area (Å²) in [6, 6.07) is 5.85. The Morgan fingerprint density at radius 3 is 3.00 bits per heavy atom. The van der Waals surface area contributed by atoms with Gasteiger partial charge in [0.2, 0.25) is 0 Å². The summed E-state index contributed by atoms with van der Waals surface area (Å²) in [5.74, 6) is 1.29. The SMILES string of the molecule is CCC(C)C(=O)C1Cc2cc(OC)ccc2N1. The maximum Gasteiger partial charge on any atom is 0.158 e. The average Bonchev–Trinajstić information content (AvgIpc) is 2.79. The molecule has 0 saturated carbocycles. The van der Waals surface area contributed by atoms with Gasteiger partial charge in [-0.1, -0.05) is 13.8 Å². The zero-order valence-corrected chi connectivity index (χ0v) is 10.6. The Balaban J connectivity index is 2.13. The van der Waals surface area contributed by atoms with Crippen LogP contribution in [-0.4, -0.2) is 18.9 Å². The van der Waals surface area contributed by atoms with Gasteiger partial charge in [-0.15, -0.1) is 0 Å². The molecule has 1 aliphatic heterocycles. The maximum absolute atomic E-state index is 12.1. The standard InChI is InChI=1S/C14H19NO2/c1-4-9(2)14(16)13-8-10-7-11(17-3)5-6-12(10)15-13/h5-7,9,13,15H,4,8H2,1-3H3. The molecule has 2 unspecified atom stereocenters. The van der Waals surface area contributed by atoms with Crippen LogP contribution in [0.2, 0.25) is 0 Å². The summed E-state index contributed by atoms with van der Waals surface area (Å²) in [5.41, 5.74) is 2.23. The van der Waals surface area contributed by atoms with Crippen molar-refractivity contribution < 1.29 is 9.53 Å². The van der Waals surface area contributed by atoms with Gasteiger partial charge in [-0.2, -0.15) is 0 Å². The minimum absolute atomic E-state index is 0.0629. The Morgan fingerprint density at radius 1 is 1.59 bits per heavy atom. The molecule has 92 valence electrons. The number of fused-ring (bicyclic) bond motifs is 1. The fourth-order valence-corrected chi connectivity index (χ4v) is 2.18. The Bertz CT molecular complexity index is 428. The van der Waals surface area contributed by atoms with Gasteiger partial charge in [-0.3, -0.25) is 4.79 Å². The van der Waals surface area contributed by atoms with E-state index >= 15 is 0 Å². The second-order valence-electron chi connectivity index (χ2n) is 4.64. The van der Waals surface area contributed by atoms with Crippen molar-refractivity contribution in [2.45, 2.75) is 32.7 Å². The molecule has 1 N–H and O–H groups in total. The second-order valence-corrected chi connectivity index (χ2v) is 4.64. The van der Waals surface area contributed by atoms with Gasteiger partial charge in [0.25, 0.3) is 0 Å². The fraction of sp³-hybridized carbons (Fsp3) is 0.500. The third-order valence-electron chi connectivity index (χ3n) is 3.51. The Hall–Kier alpha value is -1.51. The molecule has 0 spiro atoms. The largest absolute Gasteiger partial charge is 0.497 e. The normalized spacial score (nSPS) is 19.4. The molecule has 3 heteroatoms. The van der Waals surface area contributed by atoms with Crippen LogP contribution in [-0.2, 0) is 11.2 Å². The number of carbonyl (C=O) groups is 1. The number of nitrogens with one attached hydrogen (secondary N) is 1. The van der Waals surface area contributed by atoms with Gasteiger partial charge in [0.1, 0.15) is 5.75 Å². The number of benzene rings is 1. The maximum atomic E-state index is 12.1. The summed E-state index contributed by atoms with van der Waals surface area (Å²) >= 11 is 0. The number of Topliss-reactive ketones (excluding diaryl/α,β-unsaturated/α-hetero) is 1. The Kier molecular flexibility index (Phi) is 3.36. The van der Waals surface area contributed by atoms with E-state index in [2.05, 4.69) is 5.32 Å². The van der Waals surface area contributed by atoms with E-state index in [1.165, 1.54) is 5.56 Å². The zero-order valence-electron chi connectivity index (χ0n) is 10.6. The zero-order chi connectivity index (χ0) is 12.4. The first-order valence-electron chi connectivity index (χ1n) is 6.13. The summed E-state index contributed by atoms with van der Waals surface area (Å²) in [7, 11) is 1.66. The predicted molar refractivity (Wildman–Crippen MR) is 68.6 cm³/mol. The summed E-state index contributed by atoms with van der Waals surface area (Å²) in [4.78, 5) is 12.1. The number of hydrogen-bond acceptors (Lipinski definition) is 3. The molecule has 0 aliphatic carbocycles. The minimum atomic E-state index is -0.0629. The fourth-order valence-electron chi connectivity index (χ4n) is 2.18. The van der Waals surface area contributed by atoms with E-state index in [1.54, 1.807) is 7.11 Å². The van der Waals surface area contributed by atoms with Gasteiger partial charge in [0.15, 0.2) is 5.78 Å². The summed E-state index contributed by atoms with van der Waals surface area (Å²) < 4.78 is 5.19. The molecule has 1 heterocycles. The molecule has 0 aromatic heterocycles. The van der Waals surface area contributed by atoms with Gasteiger partial charge >= 0.3 is 0 Å². The van der Waals surface area contributed by atoms with Gasteiger partial charge in [0, 0.05) is 18.0 Å². The number of hydrogen-bond donors (Lipinski definition) is 1. The van der Waals surface area contributed by atoms with Gasteiger partial charge in [-0.05, 0) is 30.2 Å². The topological polar surface area (TPSA) is 38.3 Å². The molecule has 0 fully saturated rings. The average molecular weight is 233 g/mol. The molecule has 1 aromatic rings. The summed E-state index contributed by atoms with van der Waals surface area (Å²) in [6.45, 7) is 4.04. The van der Waals surface area contributed by atoms with Crippen molar-refractivity contribution in [3.05, 3.63) is 23.8 Å². The molecule has 3 nitrogen and oxygen atoms in total. The quantitative estimate of drug-likeness (QED) is 0.868. The van der Waals surface area contributed by atoms with Crippen LogP contribution in [0.1, 0.15) is 25.8 Å². The number of ketones is 1. The smallest absolute Gasteiger partial charge is 0.158 e. The third-order valence-corrected chi connectivity index (χ3v) is 3.51. The Labute approximate surface area is 102 Å². The van der Waals surface area contributed by atoms with Crippen molar-refractivity contribution in [1.82, 2.24) is 0 Å². The van der Waals surface area contributed by atoms with Crippen LogP contribution in [0.25, 0.3) is 0 Å². The highest BCUT2D eigenvalue weighted by atomic mass is 16.5. The molecule has 0 radical (unpaired) electrons. The van der Waals surface area contributed by atoms with E-state index in [0.29, 0.717) is 5.78 Å². The lowest BCUT2D eigenvalue weighted by molar-refractivity contribution is -0.123. The van der Waals surface area contributed by atoms with Crippen LogP contribution in [0.4, 0.5) is 5.69 Å². The van der Waals surface area contributed by atoms with Crippen molar-refractivity contribution in [2.75, 3.05) is 12.4 Å². The molecular weight excluding hydrogens is 214 g/mol. The third kappa shape index (κ3) is 2.28. The first-order valence-corrected chi connectivity index (χ1v) is 6.13. The highest BCUT2D eigenvalue weighted by Crippen LogP contribution is 2.30. The molecule has 1 aromatic carbocycles. The molecule has 0 amide bonds. The highest BCUT2D eigenvalue weighted by Gasteiger charge is 2.29. The van der Waals surface area contributed by atoms with Gasteiger partial charge < -0.3 is 10.1 Å². The van der Waals surface area contributed by atoms with Crippen LogP contribution in [0.15, 0.2) is 18.2 Å². The van der Waals surface area contributed by atoms with Gasteiger partial charge in [-0.25, -0.2) is 0 Å². The predicted octanol–water partition coefficient (Wildman–Crippen LogP) is 2.65. The number of ether oxygens (including phenoxy) is 1. The molecule has 17 heavy (non-hydrogen) atoms. The van der Waals surface area contributed by atoms with Crippen molar-refractivity contribution >= 4 is 11.5 Å². The minimum Gasteiger partial charge on any atom is -0.497 e. The van der Waals surface area contributed by atoms with Crippen molar-refractivity contribution in [1.29, 1.82) is 0 Å². The number of carbonyl (C=O) groups excluding carboxylic acids is 1. The van der Waals surface area contributed by atoms with Crippen molar-refractivity contribution in [2.24, 2.45) is 5.92 Å². The summed E-state index contributed by atoms with van der Waals surface area (Å²) in [6.07, 6.45) is 1.67. The molecule has 0 bridgehead atoms. The van der Waals surface area contributed by atoms with E-state index in [4.69, 9.17) is 4.74 Å². The van der Waals surface area contributed by atoms with E-state index in [1.807, 2.05) is 32.0 Å². The van der Waals surface area contributed by atoms with E-state index in [9.17, 15) is 4.79 Å². The first kappa shape index (κ1) is 12.0. The lowest BCUT2D eigenvalue weighted by atomic mass is 9.95. The summed E-state index contributed by atoms with van der Waals surface area (Å²) in [5, 5.41) is 3.30. The Morgan fingerprint density at radius 2 is 2.35 bits per heavy atom. The molecule has 2 rings (SSSR count). The lowest BCUT2D eigenvalue weighted by Gasteiger charge is -2.14.